The standard InChI is InChI=1S/C16H16O3/c1-16(17-11-12-18-16)13-7-9-15(10-8-13)19-14-5-3-2-4-6-14/h2-10H,11-12H2,1H3. The van der Waals surface area contributed by atoms with Gasteiger partial charge in [-0.3, -0.25) is 0 Å². The van der Waals surface area contributed by atoms with Gasteiger partial charge < -0.3 is 14.2 Å². The van der Waals surface area contributed by atoms with Crippen LogP contribution in [0.25, 0.3) is 0 Å². The second-order valence-corrected chi connectivity index (χ2v) is 4.58. The van der Waals surface area contributed by atoms with Crippen molar-refractivity contribution in [2.45, 2.75) is 12.7 Å². The molecular weight excluding hydrogens is 240 g/mol. The SMILES string of the molecule is CC1(c2ccc(Oc3ccccc3)cc2)OCCO1. The molecule has 1 fully saturated rings. The van der Waals surface area contributed by atoms with Crippen molar-refractivity contribution in [1.29, 1.82) is 0 Å². The summed E-state index contributed by atoms with van der Waals surface area (Å²) in [7, 11) is 0. The van der Waals surface area contributed by atoms with Gasteiger partial charge in [0.1, 0.15) is 11.5 Å². The molecule has 98 valence electrons. The Balaban J connectivity index is 1.76. The van der Waals surface area contributed by atoms with Crippen LogP contribution in [-0.4, -0.2) is 13.2 Å². The molecule has 3 rings (SSSR count). The molecule has 0 radical (unpaired) electrons. The van der Waals surface area contributed by atoms with E-state index in [9.17, 15) is 0 Å². The van der Waals surface area contributed by atoms with Crippen LogP contribution in [0.1, 0.15) is 12.5 Å². The molecular formula is C16H16O3. The fraction of sp³-hybridized carbons (Fsp3) is 0.250. The molecule has 2 aromatic carbocycles. The van der Waals surface area contributed by atoms with Crippen molar-refractivity contribution in [1.82, 2.24) is 0 Å². The van der Waals surface area contributed by atoms with Gasteiger partial charge in [-0.15, -0.1) is 0 Å². The van der Waals surface area contributed by atoms with Crippen LogP contribution in [0.3, 0.4) is 0 Å². The van der Waals surface area contributed by atoms with Crippen LogP contribution in [-0.2, 0) is 15.3 Å². The lowest BCUT2D eigenvalue weighted by Crippen LogP contribution is -2.22. The first kappa shape index (κ1) is 12.2. The Hall–Kier alpha value is -1.84. The molecule has 0 aromatic heterocycles. The lowest BCUT2D eigenvalue weighted by atomic mass is 10.1. The molecule has 2 aromatic rings. The van der Waals surface area contributed by atoms with Crippen molar-refractivity contribution in [3.05, 3.63) is 60.2 Å². The highest BCUT2D eigenvalue weighted by atomic mass is 16.7. The van der Waals surface area contributed by atoms with Gasteiger partial charge in [-0.2, -0.15) is 0 Å². The summed E-state index contributed by atoms with van der Waals surface area (Å²) >= 11 is 0. The van der Waals surface area contributed by atoms with E-state index in [1.54, 1.807) is 0 Å². The molecule has 3 nitrogen and oxygen atoms in total. The van der Waals surface area contributed by atoms with E-state index in [0.29, 0.717) is 13.2 Å². The molecule has 1 saturated heterocycles. The molecule has 19 heavy (non-hydrogen) atoms. The maximum atomic E-state index is 5.75. The van der Waals surface area contributed by atoms with Crippen LogP contribution in [0, 0.1) is 0 Å². The van der Waals surface area contributed by atoms with Crippen molar-refractivity contribution in [2.75, 3.05) is 13.2 Å². The summed E-state index contributed by atoms with van der Waals surface area (Å²) in [6, 6.07) is 17.5. The van der Waals surface area contributed by atoms with Gasteiger partial charge >= 0.3 is 0 Å². The first-order valence-electron chi connectivity index (χ1n) is 6.38. The second kappa shape index (κ2) is 5.03. The van der Waals surface area contributed by atoms with Crippen LogP contribution >= 0.6 is 0 Å². The molecule has 1 aliphatic rings. The van der Waals surface area contributed by atoms with E-state index in [2.05, 4.69) is 0 Å². The van der Waals surface area contributed by atoms with E-state index in [4.69, 9.17) is 14.2 Å². The third-order valence-electron chi connectivity index (χ3n) is 3.20. The third-order valence-corrected chi connectivity index (χ3v) is 3.20. The van der Waals surface area contributed by atoms with Crippen LogP contribution in [0.2, 0.25) is 0 Å². The molecule has 1 aliphatic heterocycles. The molecule has 0 spiro atoms. The van der Waals surface area contributed by atoms with E-state index >= 15 is 0 Å². The highest BCUT2D eigenvalue weighted by Crippen LogP contribution is 2.32. The number of ether oxygens (including phenoxy) is 3. The minimum atomic E-state index is -0.620. The van der Waals surface area contributed by atoms with Crippen LogP contribution in [0.15, 0.2) is 54.6 Å². The Bertz CT molecular complexity index is 528. The molecule has 1 heterocycles. The van der Waals surface area contributed by atoms with Gasteiger partial charge in [0.2, 0.25) is 0 Å². The van der Waals surface area contributed by atoms with Crippen molar-refractivity contribution in [3.63, 3.8) is 0 Å². The average molecular weight is 256 g/mol. The second-order valence-electron chi connectivity index (χ2n) is 4.58. The van der Waals surface area contributed by atoms with E-state index in [-0.39, 0.29) is 0 Å². The maximum Gasteiger partial charge on any atom is 0.192 e. The first-order chi connectivity index (χ1) is 9.26. The Kier molecular flexibility index (Phi) is 3.23. The van der Waals surface area contributed by atoms with Gasteiger partial charge in [-0.1, -0.05) is 18.2 Å². The Morgan fingerprint density at radius 2 is 1.42 bits per heavy atom. The molecule has 0 saturated carbocycles. The number of benzene rings is 2. The Labute approximate surface area is 112 Å². The summed E-state index contributed by atoms with van der Waals surface area (Å²) in [5.74, 6) is 1.01. The van der Waals surface area contributed by atoms with E-state index in [1.165, 1.54) is 0 Å². The van der Waals surface area contributed by atoms with E-state index < -0.39 is 5.79 Å². The minimum Gasteiger partial charge on any atom is -0.457 e. The molecule has 0 aliphatic carbocycles. The smallest absolute Gasteiger partial charge is 0.192 e. The zero-order chi connectivity index (χ0) is 13.1. The molecule has 0 N–H and O–H groups in total. The van der Waals surface area contributed by atoms with Gasteiger partial charge in [-0.25, -0.2) is 0 Å². The fourth-order valence-corrected chi connectivity index (χ4v) is 2.13. The average Bonchev–Trinajstić information content (AvgIpc) is 2.89. The fourth-order valence-electron chi connectivity index (χ4n) is 2.13. The van der Waals surface area contributed by atoms with Gasteiger partial charge in [0.25, 0.3) is 0 Å². The molecule has 3 heteroatoms. The monoisotopic (exact) mass is 256 g/mol. The van der Waals surface area contributed by atoms with Crippen molar-refractivity contribution in [2.24, 2.45) is 0 Å². The summed E-state index contributed by atoms with van der Waals surface area (Å²) in [5.41, 5.74) is 1.01. The summed E-state index contributed by atoms with van der Waals surface area (Å²) < 4.78 is 17.0. The quantitative estimate of drug-likeness (QED) is 0.838. The molecule has 0 amide bonds. The minimum absolute atomic E-state index is 0.620. The lowest BCUT2D eigenvalue weighted by Gasteiger charge is -2.22. The highest BCUT2D eigenvalue weighted by molar-refractivity contribution is 5.34. The first-order valence-corrected chi connectivity index (χ1v) is 6.38. The predicted octanol–water partition coefficient (Wildman–Crippen LogP) is 3.70. The van der Waals surface area contributed by atoms with Crippen molar-refractivity contribution >= 4 is 0 Å². The molecule has 0 unspecified atom stereocenters. The Morgan fingerprint density at radius 3 is 2.05 bits per heavy atom. The summed E-state index contributed by atoms with van der Waals surface area (Å²) in [5, 5.41) is 0. The lowest BCUT2D eigenvalue weighted by molar-refractivity contribution is -0.149. The van der Waals surface area contributed by atoms with Crippen LogP contribution in [0.5, 0.6) is 11.5 Å². The van der Waals surface area contributed by atoms with Gasteiger partial charge in [-0.05, 0) is 43.3 Å². The van der Waals surface area contributed by atoms with Crippen LogP contribution < -0.4 is 4.74 Å². The van der Waals surface area contributed by atoms with E-state index in [0.717, 1.165) is 17.1 Å². The highest BCUT2D eigenvalue weighted by Gasteiger charge is 2.32. The largest absolute Gasteiger partial charge is 0.457 e. The number of rotatable bonds is 3. The summed E-state index contributed by atoms with van der Waals surface area (Å²) in [6.07, 6.45) is 0. The zero-order valence-corrected chi connectivity index (χ0v) is 10.8. The number of para-hydroxylation sites is 1. The zero-order valence-electron chi connectivity index (χ0n) is 10.8. The third kappa shape index (κ3) is 2.62. The molecule has 0 atom stereocenters. The van der Waals surface area contributed by atoms with Crippen LogP contribution in [0.4, 0.5) is 0 Å². The van der Waals surface area contributed by atoms with Crippen molar-refractivity contribution in [3.8, 4) is 11.5 Å². The van der Waals surface area contributed by atoms with E-state index in [1.807, 2.05) is 61.5 Å². The normalized spacial score (nSPS) is 17.3. The number of hydrogen-bond acceptors (Lipinski definition) is 3. The van der Waals surface area contributed by atoms with Gasteiger partial charge in [0, 0.05) is 5.56 Å². The van der Waals surface area contributed by atoms with Crippen molar-refractivity contribution < 1.29 is 14.2 Å². The summed E-state index contributed by atoms with van der Waals surface area (Å²) in [6.45, 7) is 3.21. The topological polar surface area (TPSA) is 27.7 Å². The Morgan fingerprint density at radius 1 is 0.842 bits per heavy atom. The van der Waals surface area contributed by atoms with Gasteiger partial charge in [0.15, 0.2) is 5.79 Å². The van der Waals surface area contributed by atoms with Gasteiger partial charge in [0.05, 0.1) is 13.2 Å². The predicted molar refractivity (Wildman–Crippen MR) is 72.2 cm³/mol. The number of hydrogen-bond donors (Lipinski definition) is 0. The molecule has 0 bridgehead atoms. The maximum absolute atomic E-state index is 5.75. The summed E-state index contributed by atoms with van der Waals surface area (Å²) in [4.78, 5) is 0.